The summed E-state index contributed by atoms with van der Waals surface area (Å²) in [6.45, 7) is 0. The van der Waals surface area contributed by atoms with Gasteiger partial charge in [0.1, 0.15) is 16.7 Å². The molecule has 0 saturated heterocycles. The van der Waals surface area contributed by atoms with Crippen LogP contribution in [-0.4, -0.2) is 13.7 Å². The maximum atomic E-state index is 4.39. The summed E-state index contributed by atoms with van der Waals surface area (Å²) in [4.78, 5) is 4.39. The van der Waals surface area contributed by atoms with E-state index in [1.165, 1.54) is 11.7 Å². The Labute approximate surface area is 102 Å². The van der Waals surface area contributed by atoms with Gasteiger partial charge in [0.05, 0.1) is 16.2 Å². The van der Waals surface area contributed by atoms with Gasteiger partial charge >= 0.3 is 0 Å². The van der Waals surface area contributed by atoms with Crippen molar-refractivity contribution in [3.63, 3.8) is 0 Å². The summed E-state index contributed by atoms with van der Waals surface area (Å²) >= 11 is 6.28. The van der Waals surface area contributed by atoms with E-state index in [-0.39, 0.29) is 0 Å². The van der Waals surface area contributed by atoms with Crippen LogP contribution in [0.2, 0.25) is 0 Å². The van der Waals surface area contributed by atoms with Crippen LogP contribution in [0.15, 0.2) is 27.5 Å². The second-order valence-corrected chi connectivity index (χ2v) is 5.09. The average molecular weight is 298 g/mol. The van der Waals surface area contributed by atoms with Crippen LogP contribution in [0.3, 0.4) is 0 Å². The van der Waals surface area contributed by atoms with E-state index < -0.39 is 0 Å². The Kier molecular flexibility index (Phi) is 2.27. The zero-order chi connectivity index (χ0) is 10.3. The first kappa shape index (κ1) is 9.38. The third-order valence-electron chi connectivity index (χ3n) is 2.04. The third kappa shape index (κ3) is 1.49. The van der Waals surface area contributed by atoms with Crippen molar-refractivity contribution in [2.24, 2.45) is 0 Å². The number of nitrogens with zero attached hydrogens (tertiary/aromatic N) is 3. The summed E-state index contributed by atoms with van der Waals surface area (Å²) in [5.74, 6) is 0. The molecule has 3 aromatic rings. The van der Waals surface area contributed by atoms with E-state index in [4.69, 9.17) is 0 Å². The number of hydrogen-bond acceptors (Lipinski definition) is 5. The minimum absolute atomic E-state index is 0.868. The highest BCUT2D eigenvalue weighted by molar-refractivity contribution is 9.10. The second-order valence-electron chi connectivity index (χ2n) is 2.93. The molecule has 74 valence electrons. The molecule has 3 rings (SSSR count). The van der Waals surface area contributed by atoms with E-state index in [0.29, 0.717) is 0 Å². The fourth-order valence-corrected chi connectivity index (χ4v) is 3.05. The van der Waals surface area contributed by atoms with Gasteiger partial charge in [-0.25, -0.2) is 0 Å². The monoisotopic (exact) mass is 297 g/mol. The van der Waals surface area contributed by atoms with E-state index in [0.717, 1.165) is 26.8 Å². The molecule has 3 heterocycles. The fraction of sp³-hybridized carbons (Fsp3) is 0. The SMILES string of the molecule is Brc1cnc(-c2ccsc2)c2nsnc12. The predicted molar refractivity (Wildman–Crippen MR) is 66.2 cm³/mol. The Balaban J connectivity index is 2.37. The Morgan fingerprint density at radius 2 is 2.07 bits per heavy atom. The fourth-order valence-electron chi connectivity index (χ4n) is 1.35. The van der Waals surface area contributed by atoms with Gasteiger partial charge in [0.15, 0.2) is 0 Å². The molecule has 0 bridgehead atoms. The average Bonchev–Trinajstić information content (AvgIpc) is 2.88. The largest absolute Gasteiger partial charge is 0.253 e. The van der Waals surface area contributed by atoms with Crippen LogP contribution in [0.1, 0.15) is 0 Å². The van der Waals surface area contributed by atoms with Crippen molar-refractivity contribution in [1.29, 1.82) is 0 Å². The molecule has 0 N–H and O–H groups in total. The lowest BCUT2D eigenvalue weighted by Gasteiger charge is -1.98. The standard InChI is InChI=1S/C9H4BrN3S2/c10-6-3-11-7(5-1-2-14-4-5)9-8(6)12-15-13-9/h1-4H. The normalized spacial score (nSPS) is 11.0. The van der Waals surface area contributed by atoms with Gasteiger partial charge in [-0.15, -0.1) is 0 Å². The lowest BCUT2D eigenvalue weighted by molar-refractivity contribution is 1.33. The van der Waals surface area contributed by atoms with E-state index in [1.54, 1.807) is 17.5 Å². The molecule has 0 amide bonds. The molecular formula is C9H4BrN3S2. The highest BCUT2D eigenvalue weighted by atomic mass is 79.9. The Morgan fingerprint density at radius 1 is 1.20 bits per heavy atom. The maximum absolute atomic E-state index is 4.39. The van der Waals surface area contributed by atoms with Gasteiger partial charge in [-0.05, 0) is 27.4 Å². The Bertz CT molecular complexity index is 603. The molecule has 0 aliphatic heterocycles. The van der Waals surface area contributed by atoms with Crippen molar-refractivity contribution in [2.45, 2.75) is 0 Å². The zero-order valence-electron chi connectivity index (χ0n) is 7.35. The van der Waals surface area contributed by atoms with Crippen LogP contribution in [0.4, 0.5) is 0 Å². The number of aromatic nitrogens is 3. The van der Waals surface area contributed by atoms with Gasteiger partial charge in [0.2, 0.25) is 0 Å². The minimum Gasteiger partial charge on any atom is -0.253 e. The van der Waals surface area contributed by atoms with E-state index >= 15 is 0 Å². The van der Waals surface area contributed by atoms with Crippen LogP contribution in [0, 0.1) is 0 Å². The third-order valence-corrected chi connectivity index (χ3v) is 3.83. The molecule has 0 spiro atoms. The topological polar surface area (TPSA) is 38.7 Å². The molecule has 0 aliphatic carbocycles. The summed E-state index contributed by atoms with van der Waals surface area (Å²) in [6.07, 6.45) is 1.77. The number of rotatable bonds is 1. The minimum atomic E-state index is 0.868. The molecule has 0 saturated carbocycles. The summed E-state index contributed by atoms with van der Waals surface area (Å²) < 4.78 is 9.41. The van der Waals surface area contributed by atoms with Crippen LogP contribution in [0.25, 0.3) is 22.3 Å². The molecular weight excluding hydrogens is 294 g/mol. The summed E-state index contributed by atoms with van der Waals surface area (Å²) in [6, 6.07) is 2.04. The number of pyridine rings is 1. The maximum Gasteiger partial charge on any atom is 0.132 e. The first-order valence-corrected chi connectivity index (χ1v) is 6.62. The van der Waals surface area contributed by atoms with Gasteiger partial charge in [0.25, 0.3) is 0 Å². The summed E-state index contributed by atoms with van der Waals surface area (Å²) in [7, 11) is 0. The highest BCUT2D eigenvalue weighted by Gasteiger charge is 2.11. The molecule has 3 nitrogen and oxygen atoms in total. The van der Waals surface area contributed by atoms with E-state index in [1.807, 2.05) is 11.4 Å². The van der Waals surface area contributed by atoms with Crippen molar-refractivity contribution in [3.8, 4) is 11.3 Å². The van der Waals surface area contributed by atoms with Crippen molar-refractivity contribution >= 4 is 50.0 Å². The van der Waals surface area contributed by atoms with Gasteiger partial charge in [0, 0.05) is 17.1 Å². The second kappa shape index (κ2) is 3.62. The van der Waals surface area contributed by atoms with Gasteiger partial charge in [-0.3, -0.25) is 4.98 Å². The van der Waals surface area contributed by atoms with Gasteiger partial charge in [-0.2, -0.15) is 20.1 Å². The molecule has 0 radical (unpaired) electrons. The van der Waals surface area contributed by atoms with Crippen LogP contribution >= 0.6 is 39.0 Å². The highest BCUT2D eigenvalue weighted by Crippen LogP contribution is 2.30. The molecule has 6 heteroatoms. The van der Waals surface area contributed by atoms with Crippen LogP contribution in [0.5, 0.6) is 0 Å². The molecule has 3 aromatic heterocycles. The Morgan fingerprint density at radius 3 is 2.87 bits per heavy atom. The lowest BCUT2D eigenvalue weighted by Crippen LogP contribution is -1.84. The van der Waals surface area contributed by atoms with Gasteiger partial charge in [-0.1, -0.05) is 0 Å². The van der Waals surface area contributed by atoms with Crippen molar-refractivity contribution in [3.05, 3.63) is 27.5 Å². The molecule has 0 aromatic carbocycles. The summed E-state index contributed by atoms with van der Waals surface area (Å²) in [5, 5.41) is 4.10. The first-order chi connectivity index (χ1) is 7.36. The first-order valence-electron chi connectivity index (χ1n) is 4.15. The Hall–Kier alpha value is -0.850. The van der Waals surface area contributed by atoms with E-state index in [9.17, 15) is 0 Å². The molecule has 0 aliphatic rings. The molecule has 15 heavy (non-hydrogen) atoms. The van der Waals surface area contributed by atoms with Crippen molar-refractivity contribution in [1.82, 2.24) is 13.7 Å². The lowest BCUT2D eigenvalue weighted by atomic mass is 10.2. The number of hydrogen-bond donors (Lipinski definition) is 0. The number of halogens is 1. The molecule has 0 fully saturated rings. The van der Waals surface area contributed by atoms with Crippen LogP contribution < -0.4 is 0 Å². The summed E-state index contributed by atoms with van der Waals surface area (Å²) in [5.41, 5.74) is 3.76. The van der Waals surface area contributed by atoms with E-state index in [2.05, 4.69) is 35.0 Å². The quantitative estimate of drug-likeness (QED) is 0.689. The number of fused-ring (bicyclic) bond motifs is 1. The van der Waals surface area contributed by atoms with Crippen LogP contribution in [-0.2, 0) is 0 Å². The van der Waals surface area contributed by atoms with Gasteiger partial charge < -0.3 is 0 Å². The smallest absolute Gasteiger partial charge is 0.132 e. The molecule has 0 unspecified atom stereocenters. The number of thiophene rings is 1. The van der Waals surface area contributed by atoms with Crippen molar-refractivity contribution < 1.29 is 0 Å². The molecule has 0 atom stereocenters. The predicted octanol–water partition coefficient (Wildman–Crippen LogP) is 3.58. The van der Waals surface area contributed by atoms with Crippen molar-refractivity contribution in [2.75, 3.05) is 0 Å². The zero-order valence-corrected chi connectivity index (χ0v) is 10.6.